The van der Waals surface area contributed by atoms with Crippen LogP contribution in [-0.4, -0.2) is 19.5 Å². The number of aromatic nitrogens is 4. The van der Waals surface area contributed by atoms with Crippen molar-refractivity contribution in [2.45, 2.75) is 26.3 Å². The maximum Gasteiger partial charge on any atom is 0.160 e. The minimum atomic E-state index is 0.818. The molecule has 0 spiro atoms. The quantitative estimate of drug-likeness (QED) is 0.719. The van der Waals surface area contributed by atoms with Gasteiger partial charge in [-0.2, -0.15) is 0 Å². The molecule has 3 aromatic rings. The lowest BCUT2D eigenvalue weighted by Gasteiger charge is -2.08. The fourth-order valence-electron chi connectivity index (χ4n) is 2.47. The predicted octanol–water partition coefficient (Wildman–Crippen LogP) is 3.28. The van der Waals surface area contributed by atoms with E-state index in [4.69, 9.17) is 0 Å². The first kappa shape index (κ1) is 13.5. The van der Waals surface area contributed by atoms with Crippen molar-refractivity contribution in [3.05, 3.63) is 66.4 Å². The molecule has 21 heavy (non-hydrogen) atoms. The van der Waals surface area contributed by atoms with Gasteiger partial charge in [-0.15, -0.1) is 0 Å². The van der Waals surface area contributed by atoms with Crippen LogP contribution in [0.5, 0.6) is 0 Å². The zero-order chi connectivity index (χ0) is 14.5. The Morgan fingerprint density at radius 1 is 1.05 bits per heavy atom. The van der Waals surface area contributed by atoms with Gasteiger partial charge >= 0.3 is 0 Å². The minimum Gasteiger partial charge on any atom is -0.330 e. The zero-order valence-electron chi connectivity index (χ0n) is 12.1. The molecule has 0 saturated heterocycles. The van der Waals surface area contributed by atoms with E-state index < -0.39 is 0 Å². The summed E-state index contributed by atoms with van der Waals surface area (Å²) in [6, 6.07) is 8.55. The van der Waals surface area contributed by atoms with Crippen LogP contribution in [0, 0.1) is 6.92 Å². The molecule has 0 fully saturated rings. The summed E-state index contributed by atoms with van der Waals surface area (Å²) in [5.41, 5.74) is 3.59. The summed E-state index contributed by atoms with van der Waals surface area (Å²) >= 11 is 0. The highest BCUT2D eigenvalue weighted by Gasteiger charge is 2.07. The number of nitrogens with zero attached hydrogens (tertiary/aromatic N) is 4. The third-order valence-electron chi connectivity index (χ3n) is 3.61. The van der Waals surface area contributed by atoms with E-state index in [-0.39, 0.29) is 0 Å². The smallest absolute Gasteiger partial charge is 0.160 e. The highest BCUT2D eigenvalue weighted by molar-refractivity contribution is 5.47. The molecule has 2 heterocycles. The van der Waals surface area contributed by atoms with Crippen LogP contribution in [0.4, 0.5) is 0 Å². The molecule has 4 nitrogen and oxygen atoms in total. The van der Waals surface area contributed by atoms with Crippen LogP contribution < -0.4 is 0 Å². The lowest BCUT2D eigenvalue weighted by Crippen LogP contribution is -2.02. The molecular formula is C17H18N4. The Balaban J connectivity index is 1.67. The molecule has 2 aromatic heterocycles. The van der Waals surface area contributed by atoms with Gasteiger partial charge in [-0.05, 0) is 30.9 Å². The third-order valence-corrected chi connectivity index (χ3v) is 3.61. The Kier molecular flexibility index (Phi) is 4.05. The average molecular weight is 278 g/mol. The Hall–Kier alpha value is -2.49. The lowest BCUT2D eigenvalue weighted by molar-refractivity contribution is 0.645. The number of hydrogen-bond acceptors (Lipinski definition) is 3. The van der Waals surface area contributed by atoms with E-state index in [1.807, 2.05) is 12.4 Å². The summed E-state index contributed by atoms with van der Waals surface area (Å²) in [5, 5.41) is 0. The van der Waals surface area contributed by atoms with Crippen molar-refractivity contribution >= 4 is 0 Å². The number of imidazole rings is 1. The van der Waals surface area contributed by atoms with Crippen molar-refractivity contribution in [1.82, 2.24) is 19.5 Å². The van der Waals surface area contributed by atoms with Gasteiger partial charge in [-0.3, -0.25) is 4.98 Å². The van der Waals surface area contributed by atoms with Crippen LogP contribution >= 0.6 is 0 Å². The van der Waals surface area contributed by atoms with Gasteiger partial charge < -0.3 is 4.57 Å². The first-order valence-corrected chi connectivity index (χ1v) is 7.16. The van der Waals surface area contributed by atoms with Crippen LogP contribution in [0.3, 0.4) is 0 Å². The monoisotopic (exact) mass is 278 g/mol. The summed E-state index contributed by atoms with van der Waals surface area (Å²) in [4.78, 5) is 12.8. The van der Waals surface area contributed by atoms with Gasteiger partial charge in [-0.25, -0.2) is 9.97 Å². The van der Waals surface area contributed by atoms with Crippen molar-refractivity contribution in [1.29, 1.82) is 0 Å². The fourth-order valence-corrected chi connectivity index (χ4v) is 2.47. The molecule has 4 heteroatoms. The second-order valence-corrected chi connectivity index (χ2v) is 5.06. The second kappa shape index (κ2) is 6.31. The van der Waals surface area contributed by atoms with Crippen molar-refractivity contribution in [3.63, 3.8) is 0 Å². The molecule has 0 saturated carbocycles. The zero-order valence-corrected chi connectivity index (χ0v) is 12.1. The molecule has 0 radical (unpaired) electrons. The first-order chi connectivity index (χ1) is 10.3. The van der Waals surface area contributed by atoms with E-state index in [1.54, 1.807) is 18.6 Å². The summed E-state index contributed by atoms with van der Waals surface area (Å²) in [7, 11) is 0. The summed E-state index contributed by atoms with van der Waals surface area (Å²) in [6.45, 7) is 3.10. The number of hydrogen-bond donors (Lipinski definition) is 0. The van der Waals surface area contributed by atoms with Gasteiger partial charge in [0.25, 0.3) is 0 Å². The molecule has 0 aliphatic heterocycles. The van der Waals surface area contributed by atoms with Gasteiger partial charge in [0, 0.05) is 31.3 Å². The molecule has 1 aromatic carbocycles. The van der Waals surface area contributed by atoms with Crippen molar-refractivity contribution in [2.75, 3.05) is 0 Å². The van der Waals surface area contributed by atoms with Crippen molar-refractivity contribution < 1.29 is 0 Å². The molecule has 0 aliphatic rings. The van der Waals surface area contributed by atoms with Crippen LogP contribution in [0.25, 0.3) is 11.5 Å². The van der Waals surface area contributed by atoms with E-state index in [0.717, 1.165) is 30.9 Å². The first-order valence-electron chi connectivity index (χ1n) is 7.16. The van der Waals surface area contributed by atoms with Crippen molar-refractivity contribution in [3.8, 4) is 11.5 Å². The normalized spacial score (nSPS) is 10.7. The molecule has 0 N–H and O–H groups in total. The molecule has 0 bridgehead atoms. The maximum absolute atomic E-state index is 4.39. The van der Waals surface area contributed by atoms with E-state index in [0.29, 0.717) is 0 Å². The number of rotatable bonds is 5. The Bertz CT molecular complexity index is 704. The fraction of sp³-hybridized carbons (Fsp3) is 0.235. The summed E-state index contributed by atoms with van der Waals surface area (Å²) in [6.07, 6.45) is 11.1. The lowest BCUT2D eigenvalue weighted by atomic mass is 10.0. The third kappa shape index (κ3) is 3.16. The number of benzene rings is 1. The van der Waals surface area contributed by atoms with Gasteiger partial charge in [0.05, 0.1) is 6.20 Å². The van der Waals surface area contributed by atoms with Crippen molar-refractivity contribution in [2.24, 2.45) is 0 Å². The molecule has 0 amide bonds. The van der Waals surface area contributed by atoms with Gasteiger partial charge in [0.1, 0.15) is 5.69 Å². The van der Waals surface area contributed by atoms with Gasteiger partial charge in [-0.1, -0.05) is 24.3 Å². The van der Waals surface area contributed by atoms with Crippen LogP contribution in [-0.2, 0) is 13.0 Å². The van der Waals surface area contributed by atoms with Crippen LogP contribution in [0.15, 0.2) is 55.2 Å². The van der Waals surface area contributed by atoms with E-state index in [2.05, 4.69) is 50.7 Å². The summed E-state index contributed by atoms with van der Waals surface area (Å²) in [5.74, 6) is 0.882. The Morgan fingerprint density at radius 3 is 2.76 bits per heavy atom. The highest BCUT2D eigenvalue weighted by Crippen LogP contribution is 2.15. The topological polar surface area (TPSA) is 43.6 Å². The largest absolute Gasteiger partial charge is 0.330 e. The Labute approximate surface area is 124 Å². The van der Waals surface area contributed by atoms with E-state index in [9.17, 15) is 0 Å². The van der Waals surface area contributed by atoms with E-state index in [1.165, 1.54) is 11.1 Å². The minimum absolute atomic E-state index is 0.818. The summed E-state index contributed by atoms with van der Waals surface area (Å²) < 4.78 is 2.14. The SMILES string of the molecule is Cc1ccccc1CCCn1ccnc1-c1cnccn1. The maximum atomic E-state index is 4.39. The Morgan fingerprint density at radius 2 is 1.95 bits per heavy atom. The van der Waals surface area contributed by atoms with E-state index >= 15 is 0 Å². The van der Waals surface area contributed by atoms with Gasteiger partial charge in [0.2, 0.25) is 0 Å². The predicted molar refractivity (Wildman–Crippen MR) is 82.8 cm³/mol. The molecule has 0 atom stereocenters. The second-order valence-electron chi connectivity index (χ2n) is 5.06. The van der Waals surface area contributed by atoms with Crippen LogP contribution in [0.1, 0.15) is 17.5 Å². The van der Waals surface area contributed by atoms with Crippen LogP contribution in [0.2, 0.25) is 0 Å². The van der Waals surface area contributed by atoms with Gasteiger partial charge in [0.15, 0.2) is 5.82 Å². The molecule has 0 unspecified atom stereocenters. The standard InChI is InChI=1S/C17H18N4/c1-14-5-2-3-6-15(14)7-4-11-21-12-10-20-17(21)16-13-18-8-9-19-16/h2-3,5-6,8-10,12-13H,4,7,11H2,1H3. The number of aryl methyl sites for hydroxylation is 3. The molecular weight excluding hydrogens is 260 g/mol. The molecule has 0 aliphatic carbocycles. The molecule has 106 valence electrons. The highest BCUT2D eigenvalue weighted by atomic mass is 15.1. The molecule has 3 rings (SSSR count). The average Bonchev–Trinajstić information content (AvgIpc) is 2.99.